The molecule has 0 saturated heterocycles. The first-order chi connectivity index (χ1) is 8.61. The maximum atomic E-state index is 12.0. The zero-order chi connectivity index (χ0) is 13.1. The first-order valence-corrected chi connectivity index (χ1v) is 5.63. The maximum Gasteiger partial charge on any atom is 0.277 e. The Kier molecular flexibility index (Phi) is 3.47. The third kappa shape index (κ3) is 2.43. The second-order valence-electron chi connectivity index (χ2n) is 3.57. The highest BCUT2D eigenvalue weighted by atomic mass is 35.5. The number of hydrogen-bond acceptors (Lipinski definition) is 4. The van der Waals surface area contributed by atoms with Crippen molar-refractivity contribution in [3.8, 4) is 0 Å². The molecule has 0 aromatic carbocycles. The summed E-state index contributed by atoms with van der Waals surface area (Å²) >= 11 is 5.95. The summed E-state index contributed by atoms with van der Waals surface area (Å²) in [4.78, 5) is 16.1. The second-order valence-corrected chi connectivity index (χ2v) is 3.98. The summed E-state index contributed by atoms with van der Waals surface area (Å²) in [7, 11) is 3.45. The van der Waals surface area contributed by atoms with Crippen molar-refractivity contribution in [2.24, 2.45) is 7.05 Å². The number of carbonyl (C=O) groups is 1. The summed E-state index contributed by atoms with van der Waals surface area (Å²) in [6.45, 7) is 0. The molecule has 7 heteroatoms. The highest BCUT2D eigenvalue weighted by molar-refractivity contribution is 6.34. The van der Waals surface area contributed by atoms with Crippen LogP contribution in [0.2, 0.25) is 5.02 Å². The van der Waals surface area contributed by atoms with Gasteiger partial charge < -0.3 is 10.6 Å². The Balaban J connectivity index is 2.26. The van der Waals surface area contributed by atoms with Crippen LogP contribution in [0.15, 0.2) is 24.4 Å². The molecular weight excluding hydrogens is 254 g/mol. The minimum atomic E-state index is -0.374. The van der Waals surface area contributed by atoms with Crippen LogP contribution in [0, 0.1) is 0 Å². The first kappa shape index (κ1) is 12.4. The van der Waals surface area contributed by atoms with Crippen LogP contribution in [0.4, 0.5) is 11.6 Å². The molecule has 0 unspecified atom stereocenters. The molecular formula is C11H12ClN5O. The second kappa shape index (κ2) is 5.05. The fraction of sp³-hybridized carbons (Fsp3) is 0.182. The molecule has 0 aliphatic rings. The summed E-state index contributed by atoms with van der Waals surface area (Å²) < 4.78 is 1.55. The number of rotatable bonds is 3. The van der Waals surface area contributed by atoms with Gasteiger partial charge in [-0.1, -0.05) is 11.6 Å². The Hall–Kier alpha value is -2.08. The Morgan fingerprint density at radius 3 is 2.78 bits per heavy atom. The maximum absolute atomic E-state index is 12.0. The molecule has 2 aromatic rings. The van der Waals surface area contributed by atoms with Crippen LogP contribution in [0.25, 0.3) is 0 Å². The van der Waals surface area contributed by atoms with Crippen LogP contribution >= 0.6 is 11.6 Å². The summed E-state index contributed by atoms with van der Waals surface area (Å²) in [5.41, 5.74) is 0.171. The number of aromatic nitrogens is 3. The summed E-state index contributed by atoms with van der Waals surface area (Å²) in [5, 5.41) is 9.79. The predicted molar refractivity (Wildman–Crippen MR) is 70.0 cm³/mol. The van der Waals surface area contributed by atoms with Gasteiger partial charge in [0.15, 0.2) is 0 Å². The molecule has 1 amide bonds. The third-order valence-electron chi connectivity index (χ3n) is 2.38. The number of hydrogen-bond donors (Lipinski definition) is 2. The van der Waals surface area contributed by atoms with Gasteiger partial charge in [0, 0.05) is 20.2 Å². The van der Waals surface area contributed by atoms with Crippen LogP contribution in [-0.2, 0) is 7.05 Å². The van der Waals surface area contributed by atoms with Crippen molar-refractivity contribution in [3.05, 3.63) is 35.1 Å². The number of carbonyl (C=O) groups excluding carboxylic acids is 1. The lowest BCUT2D eigenvalue weighted by Gasteiger charge is -2.07. The van der Waals surface area contributed by atoms with Crippen LogP contribution in [0.3, 0.4) is 0 Å². The van der Waals surface area contributed by atoms with Gasteiger partial charge in [0.1, 0.15) is 17.3 Å². The molecule has 0 bridgehead atoms. The zero-order valence-corrected chi connectivity index (χ0v) is 10.7. The van der Waals surface area contributed by atoms with Gasteiger partial charge in [-0.25, -0.2) is 4.98 Å². The number of pyridine rings is 1. The van der Waals surface area contributed by atoms with Gasteiger partial charge in [-0.3, -0.25) is 9.48 Å². The van der Waals surface area contributed by atoms with Crippen LogP contribution in [0.5, 0.6) is 0 Å². The monoisotopic (exact) mass is 265 g/mol. The molecule has 18 heavy (non-hydrogen) atoms. The van der Waals surface area contributed by atoms with E-state index < -0.39 is 0 Å². The lowest BCUT2D eigenvalue weighted by atomic mass is 10.3. The fourth-order valence-corrected chi connectivity index (χ4v) is 1.60. The van der Waals surface area contributed by atoms with Crippen molar-refractivity contribution >= 4 is 29.1 Å². The van der Waals surface area contributed by atoms with E-state index >= 15 is 0 Å². The van der Waals surface area contributed by atoms with Crippen LogP contribution < -0.4 is 10.6 Å². The highest BCUT2D eigenvalue weighted by Crippen LogP contribution is 2.18. The average Bonchev–Trinajstić information content (AvgIpc) is 2.75. The van der Waals surface area contributed by atoms with E-state index in [1.54, 1.807) is 43.2 Å². The van der Waals surface area contributed by atoms with E-state index in [4.69, 9.17) is 11.6 Å². The largest absolute Gasteiger partial charge is 0.373 e. The van der Waals surface area contributed by atoms with Crippen molar-refractivity contribution in [1.29, 1.82) is 0 Å². The third-order valence-corrected chi connectivity index (χ3v) is 2.68. The molecule has 2 heterocycles. The van der Waals surface area contributed by atoms with Crippen molar-refractivity contribution in [1.82, 2.24) is 14.8 Å². The number of nitrogens with zero attached hydrogens (tertiary/aromatic N) is 3. The molecule has 2 aromatic heterocycles. The molecule has 0 aliphatic heterocycles. The van der Waals surface area contributed by atoms with E-state index in [9.17, 15) is 4.79 Å². The average molecular weight is 266 g/mol. The molecule has 2 N–H and O–H groups in total. The Bertz CT molecular complexity index is 581. The molecule has 2 rings (SSSR count). The zero-order valence-electron chi connectivity index (χ0n) is 9.94. The molecule has 0 atom stereocenters. The van der Waals surface area contributed by atoms with E-state index in [0.717, 1.165) is 0 Å². The molecule has 0 spiro atoms. The van der Waals surface area contributed by atoms with Crippen molar-refractivity contribution < 1.29 is 4.79 Å². The number of halogens is 1. The van der Waals surface area contributed by atoms with Crippen molar-refractivity contribution in [3.63, 3.8) is 0 Å². The van der Waals surface area contributed by atoms with Gasteiger partial charge >= 0.3 is 0 Å². The summed E-state index contributed by atoms with van der Waals surface area (Å²) in [6, 6.07) is 5.01. The Labute approximate surface area is 109 Å². The molecule has 6 nitrogen and oxygen atoms in total. The highest BCUT2D eigenvalue weighted by Gasteiger charge is 2.14. The minimum Gasteiger partial charge on any atom is -0.373 e. The van der Waals surface area contributed by atoms with Crippen molar-refractivity contribution in [2.45, 2.75) is 0 Å². The SMILES string of the molecule is CNc1ccc(Cl)c(C(=O)Nc2ccnn2C)n1. The predicted octanol–water partition coefficient (Wildman–Crippen LogP) is 1.76. The van der Waals surface area contributed by atoms with E-state index in [1.165, 1.54) is 0 Å². The number of nitrogens with one attached hydrogen (secondary N) is 2. The van der Waals surface area contributed by atoms with Gasteiger partial charge in [-0.2, -0.15) is 5.10 Å². The van der Waals surface area contributed by atoms with Crippen LogP contribution in [0.1, 0.15) is 10.5 Å². The lowest BCUT2D eigenvalue weighted by molar-refractivity contribution is 0.102. The Morgan fingerprint density at radius 2 is 2.17 bits per heavy atom. The van der Waals surface area contributed by atoms with Crippen molar-refractivity contribution in [2.75, 3.05) is 17.7 Å². The Morgan fingerprint density at radius 1 is 1.39 bits per heavy atom. The number of amides is 1. The van der Waals surface area contributed by atoms with Gasteiger partial charge in [0.25, 0.3) is 5.91 Å². The van der Waals surface area contributed by atoms with Gasteiger partial charge in [-0.15, -0.1) is 0 Å². The topological polar surface area (TPSA) is 71.8 Å². The van der Waals surface area contributed by atoms with E-state index in [1.807, 2.05) is 0 Å². The lowest BCUT2D eigenvalue weighted by Crippen LogP contribution is -2.17. The summed E-state index contributed by atoms with van der Waals surface area (Å²) in [6.07, 6.45) is 1.59. The molecule has 94 valence electrons. The van der Waals surface area contributed by atoms with E-state index in [2.05, 4.69) is 20.7 Å². The summed E-state index contributed by atoms with van der Waals surface area (Å²) in [5.74, 6) is 0.781. The fourth-order valence-electron chi connectivity index (χ4n) is 1.41. The molecule has 0 aliphatic carbocycles. The number of aryl methyl sites for hydroxylation is 1. The molecule has 0 fully saturated rings. The van der Waals surface area contributed by atoms with Gasteiger partial charge in [0.2, 0.25) is 0 Å². The molecule has 0 saturated carbocycles. The number of anilines is 2. The van der Waals surface area contributed by atoms with E-state index in [0.29, 0.717) is 16.7 Å². The van der Waals surface area contributed by atoms with Crippen LogP contribution in [-0.4, -0.2) is 27.7 Å². The molecule has 0 radical (unpaired) electrons. The quantitative estimate of drug-likeness (QED) is 0.887. The first-order valence-electron chi connectivity index (χ1n) is 5.25. The van der Waals surface area contributed by atoms with E-state index in [-0.39, 0.29) is 11.6 Å². The van der Waals surface area contributed by atoms with Gasteiger partial charge in [0.05, 0.1) is 11.2 Å². The smallest absolute Gasteiger partial charge is 0.277 e. The minimum absolute atomic E-state index is 0.171. The van der Waals surface area contributed by atoms with Gasteiger partial charge in [-0.05, 0) is 12.1 Å². The normalized spacial score (nSPS) is 10.2. The standard InChI is InChI=1S/C11H12ClN5O/c1-13-8-4-3-7(12)10(15-8)11(18)16-9-5-6-14-17(9)2/h3-6H,1-2H3,(H,13,15)(H,16,18).